The van der Waals surface area contributed by atoms with Crippen LogP contribution in [0.3, 0.4) is 0 Å². The van der Waals surface area contributed by atoms with Gasteiger partial charge in [-0.2, -0.15) is 0 Å². The van der Waals surface area contributed by atoms with Gasteiger partial charge in [0.25, 0.3) is 0 Å². The molecule has 0 saturated carbocycles. The van der Waals surface area contributed by atoms with Crippen LogP contribution in [-0.2, 0) is 5.41 Å². The molecule has 0 amide bonds. The smallest absolute Gasteiger partial charge is 0.0346 e. The van der Waals surface area contributed by atoms with Crippen molar-refractivity contribution in [3.8, 4) is 44.5 Å². The Labute approximate surface area is 263 Å². The lowest BCUT2D eigenvalue weighted by atomic mass is 9.79. The molecular formula is C43H32N2. The van der Waals surface area contributed by atoms with Crippen molar-refractivity contribution in [1.82, 2.24) is 9.97 Å². The SMILES string of the molecule is Cc1cc(-c2cccnc2)ccc1-c1c(C)cc2ccc3c4c(cc5ccc1c2c53)C(C)(C)c1cc(-c2cccnc2)ccc1-4. The highest BCUT2D eigenvalue weighted by Gasteiger charge is 2.37. The minimum atomic E-state index is -0.109. The maximum atomic E-state index is 4.38. The van der Waals surface area contributed by atoms with Gasteiger partial charge < -0.3 is 0 Å². The van der Waals surface area contributed by atoms with Crippen LogP contribution in [0.2, 0.25) is 0 Å². The van der Waals surface area contributed by atoms with Gasteiger partial charge in [0.2, 0.25) is 0 Å². The summed E-state index contributed by atoms with van der Waals surface area (Å²) in [6, 6.07) is 36.4. The van der Waals surface area contributed by atoms with Crippen molar-refractivity contribution < 1.29 is 0 Å². The van der Waals surface area contributed by atoms with Gasteiger partial charge in [-0.1, -0.05) is 86.6 Å². The quantitative estimate of drug-likeness (QED) is 0.196. The molecule has 0 N–H and O–H groups in total. The minimum absolute atomic E-state index is 0.109. The first-order valence-electron chi connectivity index (χ1n) is 15.7. The Morgan fingerprint density at radius 2 is 1.09 bits per heavy atom. The Morgan fingerprint density at radius 3 is 1.71 bits per heavy atom. The van der Waals surface area contributed by atoms with Gasteiger partial charge in [0.15, 0.2) is 0 Å². The zero-order chi connectivity index (χ0) is 30.4. The fourth-order valence-electron chi connectivity index (χ4n) is 8.03. The number of benzene rings is 6. The molecule has 2 nitrogen and oxygen atoms in total. The number of hydrogen-bond donors (Lipinski definition) is 0. The molecule has 1 aliphatic rings. The van der Waals surface area contributed by atoms with E-state index in [4.69, 9.17) is 0 Å². The summed E-state index contributed by atoms with van der Waals surface area (Å²) in [5.41, 5.74) is 15.3. The van der Waals surface area contributed by atoms with Gasteiger partial charge in [-0.25, -0.2) is 0 Å². The summed E-state index contributed by atoms with van der Waals surface area (Å²) < 4.78 is 0. The van der Waals surface area contributed by atoms with Crippen molar-refractivity contribution in [2.75, 3.05) is 0 Å². The molecular weight excluding hydrogens is 544 g/mol. The number of aryl methyl sites for hydroxylation is 2. The van der Waals surface area contributed by atoms with Gasteiger partial charge in [0.1, 0.15) is 0 Å². The first kappa shape index (κ1) is 26.1. The summed E-state index contributed by atoms with van der Waals surface area (Å²) >= 11 is 0. The van der Waals surface area contributed by atoms with Crippen LogP contribution in [0, 0.1) is 13.8 Å². The van der Waals surface area contributed by atoms with Crippen LogP contribution < -0.4 is 0 Å². The van der Waals surface area contributed by atoms with E-state index in [1.165, 1.54) is 88.0 Å². The van der Waals surface area contributed by atoms with Gasteiger partial charge in [-0.05, 0) is 137 Å². The second-order valence-electron chi connectivity index (χ2n) is 13.2. The van der Waals surface area contributed by atoms with Gasteiger partial charge in [0, 0.05) is 30.2 Å². The summed E-state index contributed by atoms with van der Waals surface area (Å²) in [6.07, 6.45) is 7.56. The minimum Gasteiger partial charge on any atom is -0.264 e. The Hall–Kier alpha value is -5.34. The number of rotatable bonds is 3. The molecule has 0 spiro atoms. The lowest BCUT2D eigenvalue weighted by Crippen LogP contribution is -2.15. The Kier molecular flexibility index (Phi) is 5.41. The molecule has 2 aromatic heterocycles. The monoisotopic (exact) mass is 576 g/mol. The Morgan fingerprint density at radius 1 is 0.489 bits per heavy atom. The Balaban J connectivity index is 1.29. The second kappa shape index (κ2) is 9.33. The third-order valence-corrected chi connectivity index (χ3v) is 10.2. The predicted octanol–water partition coefficient (Wildman–Crippen LogP) is 11.3. The fourth-order valence-corrected chi connectivity index (χ4v) is 8.03. The number of hydrogen-bond acceptors (Lipinski definition) is 2. The summed E-state index contributed by atoms with van der Waals surface area (Å²) in [7, 11) is 0. The molecule has 0 aliphatic heterocycles. The van der Waals surface area contributed by atoms with Crippen LogP contribution >= 0.6 is 0 Å². The van der Waals surface area contributed by atoms with E-state index < -0.39 is 0 Å². The molecule has 214 valence electrons. The van der Waals surface area contributed by atoms with Crippen molar-refractivity contribution in [1.29, 1.82) is 0 Å². The summed E-state index contributed by atoms with van der Waals surface area (Å²) in [4.78, 5) is 8.71. The molecule has 0 saturated heterocycles. The normalized spacial score (nSPS) is 13.5. The van der Waals surface area contributed by atoms with E-state index in [1.807, 2.05) is 36.9 Å². The molecule has 2 heterocycles. The second-order valence-corrected chi connectivity index (χ2v) is 13.2. The van der Waals surface area contributed by atoms with Gasteiger partial charge >= 0.3 is 0 Å². The molecule has 45 heavy (non-hydrogen) atoms. The molecule has 0 atom stereocenters. The third kappa shape index (κ3) is 3.69. The van der Waals surface area contributed by atoms with Crippen molar-refractivity contribution in [2.45, 2.75) is 33.1 Å². The molecule has 0 fully saturated rings. The highest BCUT2D eigenvalue weighted by atomic mass is 14.6. The molecule has 6 aromatic carbocycles. The van der Waals surface area contributed by atoms with Crippen LogP contribution in [0.1, 0.15) is 36.1 Å². The van der Waals surface area contributed by atoms with Crippen molar-refractivity contribution in [2.24, 2.45) is 0 Å². The largest absolute Gasteiger partial charge is 0.264 e. The van der Waals surface area contributed by atoms with Crippen LogP contribution in [0.4, 0.5) is 0 Å². The fraction of sp³-hybridized carbons (Fsp3) is 0.116. The molecule has 0 bridgehead atoms. The molecule has 0 radical (unpaired) electrons. The molecule has 8 aromatic rings. The van der Waals surface area contributed by atoms with Crippen LogP contribution in [0.5, 0.6) is 0 Å². The maximum absolute atomic E-state index is 4.38. The maximum Gasteiger partial charge on any atom is 0.0346 e. The third-order valence-electron chi connectivity index (χ3n) is 10.2. The van der Waals surface area contributed by atoms with Crippen molar-refractivity contribution in [3.63, 3.8) is 0 Å². The summed E-state index contributed by atoms with van der Waals surface area (Å²) in [6.45, 7) is 9.25. The zero-order valence-electron chi connectivity index (χ0n) is 25.9. The standard InChI is InChI=1S/C43H32N2/c1-25-19-27(31-7-5-17-44-23-31)9-13-33(25)39-26(2)20-29-11-16-36-41-30(12-15-35(39)40(29)41)22-38-42(36)34-14-10-28(21-37(34)43(38,3)4)32-8-6-18-45-24-32/h5-24H,1-4H3. The van der Waals surface area contributed by atoms with Crippen LogP contribution in [-0.4, -0.2) is 9.97 Å². The van der Waals surface area contributed by atoms with Gasteiger partial charge in [0.05, 0.1) is 0 Å². The average Bonchev–Trinajstić information content (AvgIpc) is 3.29. The molecule has 9 rings (SSSR count). The van der Waals surface area contributed by atoms with E-state index in [-0.39, 0.29) is 5.41 Å². The number of nitrogens with zero attached hydrogens (tertiary/aromatic N) is 2. The first-order chi connectivity index (χ1) is 21.9. The number of pyridine rings is 2. The van der Waals surface area contributed by atoms with Crippen LogP contribution in [0.25, 0.3) is 76.8 Å². The van der Waals surface area contributed by atoms with E-state index in [0.29, 0.717) is 0 Å². The molecule has 1 aliphatic carbocycles. The summed E-state index contributed by atoms with van der Waals surface area (Å²) in [5, 5.41) is 8.02. The zero-order valence-corrected chi connectivity index (χ0v) is 25.9. The molecule has 0 unspecified atom stereocenters. The first-order valence-corrected chi connectivity index (χ1v) is 15.7. The van der Waals surface area contributed by atoms with E-state index in [1.54, 1.807) is 0 Å². The van der Waals surface area contributed by atoms with E-state index in [2.05, 4.69) is 123 Å². The Bertz CT molecular complexity index is 2450. The van der Waals surface area contributed by atoms with E-state index in [0.717, 1.165) is 11.1 Å². The number of aromatic nitrogens is 2. The van der Waals surface area contributed by atoms with Crippen molar-refractivity contribution in [3.05, 3.63) is 144 Å². The molecule has 2 heteroatoms. The summed E-state index contributed by atoms with van der Waals surface area (Å²) in [5.74, 6) is 0. The van der Waals surface area contributed by atoms with Crippen LogP contribution in [0.15, 0.2) is 122 Å². The van der Waals surface area contributed by atoms with Crippen molar-refractivity contribution >= 4 is 32.3 Å². The number of fused-ring (bicyclic) bond motifs is 4. The lowest BCUT2D eigenvalue weighted by Gasteiger charge is -2.24. The van der Waals surface area contributed by atoms with E-state index >= 15 is 0 Å². The average molecular weight is 577 g/mol. The predicted molar refractivity (Wildman–Crippen MR) is 189 cm³/mol. The highest BCUT2D eigenvalue weighted by molar-refractivity contribution is 6.29. The highest BCUT2D eigenvalue weighted by Crippen LogP contribution is 2.54. The van der Waals surface area contributed by atoms with Gasteiger partial charge in [-0.15, -0.1) is 0 Å². The lowest BCUT2D eigenvalue weighted by molar-refractivity contribution is 0.661. The topological polar surface area (TPSA) is 25.8 Å². The van der Waals surface area contributed by atoms with E-state index in [9.17, 15) is 0 Å². The van der Waals surface area contributed by atoms with Gasteiger partial charge in [-0.3, -0.25) is 9.97 Å².